The Kier molecular flexibility index (Phi) is 3.80. The monoisotopic (exact) mass is 214 g/mol. The smallest absolute Gasteiger partial charge is 0.0923 e. The number of aliphatic hydroxyl groups is 1. The lowest BCUT2D eigenvalue weighted by molar-refractivity contribution is -0.00799. The fraction of sp³-hybridized carbons (Fsp3) is 1.00. The van der Waals surface area contributed by atoms with Crippen LogP contribution in [-0.2, 0) is 0 Å². The van der Waals surface area contributed by atoms with Crippen LogP contribution in [0.15, 0.2) is 0 Å². The van der Waals surface area contributed by atoms with Crippen LogP contribution in [0.2, 0.25) is 0 Å². The molecular weight excluding hydrogens is 188 g/mol. The molecule has 1 rings (SSSR count). The number of nitrogens with two attached hydrogens (primary N) is 1. The second kappa shape index (κ2) is 4.40. The molecule has 15 heavy (non-hydrogen) atoms. The van der Waals surface area contributed by atoms with Crippen LogP contribution >= 0.6 is 0 Å². The fourth-order valence-electron chi connectivity index (χ4n) is 2.31. The Bertz CT molecular complexity index is 208. The molecule has 0 aliphatic heterocycles. The van der Waals surface area contributed by atoms with E-state index in [-0.39, 0.29) is 5.41 Å². The van der Waals surface area contributed by atoms with Gasteiger partial charge in [0.15, 0.2) is 0 Å². The van der Waals surface area contributed by atoms with Crippen LogP contribution in [0.1, 0.15) is 33.6 Å². The van der Waals surface area contributed by atoms with E-state index in [1.54, 1.807) is 0 Å². The fourth-order valence-corrected chi connectivity index (χ4v) is 2.31. The Balaban J connectivity index is 2.44. The van der Waals surface area contributed by atoms with Crippen molar-refractivity contribution in [2.24, 2.45) is 17.1 Å². The quantitative estimate of drug-likeness (QED) is 0.719. The standard InChI is InChI=1S/C12H26N2O/c1-11(2,3)8-14(4)9-12(15,7-13)10-5-6-10/h10,15H,5-9,13H2,1-4H3. The summed E-state index contributed by atoms with van der Waals surface area (Å²) in [6.45, 7) is 8.70. The molecule has 0 amide bonds. The van der Waals surface area contributed by atoms with Gasteiger partial charge in [0.05, 0.1) is 5.60 Å². The lowest BCUT2D eigenvalue weighted by atomic mass is 9.93. The first-order valence-electron chi connectivity index (χ1n) is 5.88. The highest BCUT2D eigenvalue weighted by Crippen LogP contribution is 2.39. The van der Waals surface area contributed by atoms with Gasteiger partial charge in [0.2, 0.25) is 0 Å². The minimum atomic E-state index is -0.653. The van der Waals surface area contributed by atoms with Gasteiger partial charge in [-0.1, -0.05) is 20.8 Å². The van der Waals surface area contributed by atoms with Gasteiger partial charge in [-0.15, -0.1) is 0 Å². The summed E-state index contributed by atoms with van der Waals surface area (Å²) < 4.78 is 0. The third-order valence-corrected chi connectivity index (χ3v) is 2.98. The van der Waals surface area contributed by atoms with Crippen molar-refractivity contribution in [3.63, 3.8) is 0 Å². The van der Waals surface area contributed by atoms with Crippen LogP contribution in [0.4, 0.5) is 0 Å². The van der Waals surface area contributed by atoms with Crippen LogP contribution in [0.3, 0.4) is 0 Å². The summed E-state index contributed by atoms with van der Waals surface area (Å²) in [5, 5.41) is 10.4. The van der Waals surface area contributed by atoms with E-state index in [1.807, 2.05) is 0 Å². The predicted octanol–water partition coefficient (Wildman–Crippen LogP) is 1.06. The molecule has 0 bridgehead atoms. The van der Waals surface area contributed by atoms with E-state index < -0.39 is 5.60 Å². The van der Waals surface area contributed by atoms with Gasteiger partial charge in [0.25, 0.3) is 0 Å². The van der Waals surface area contributed by atoms with Gasteiger partial charge in [0, 0.05) is 19.6 Å². The third-order valence-electron chi connectivity index (χ3n) is 2.98. The zero-order chi connectivity index (χ0) is 11.7. The van der Waals surface area contributed by atoms with E-state index in [4.69, 9.17) is 5.73 Å². The summed E-state index contributed by atoms with van der Waals surface area (Å²) in [6.07, 6.45) is 2.27. The third kappa shape index (κ3) is 4.09. The van der Waals surface area contributed by atoms with Crippen molar-refractivity contribution < 1.29 is 5.11 Å². The van der Waals surface area contributed by atoms with Crippen molar-refractivity contribution in [1.82, 2.24) is 4.90 Å². The van der Waals surface area contributed by atoms with E-state index in [0.29, 0.717) is 19.0 Å². The Morgan fingerprint density at radius 3 is 2.13 bits per heavy atom. The first-order chi connectivity index (χ1) is 6.77. The number of hydrogen-bond acceptors (Lipinski definition) is 3. The minimum absolute atomic E-state index is 0.272. The van der Waals surface area contributed by atoms with E-state index in [2.05, 4.69) is 32.7 Å². The summed E-state index contributed by atoms with van der Waals surface area (Å²) in [4.78, 5) is 2.20. The average molecular weight is 214 g/mol. The summed E-state index contributed by atoms with van der Waals surface area (Å²) in [6, 6.07) is 0. The highest BCUT2D eigenvalue weighted by molar-refractivity contribution is 4.97. The molecule has 1 aliphatic rings. The zero-order valence-electron chi connectivity index (χ0n) is 10.6. The second-order valence-electron chi connectivity index (χ2n) is 6.31. The average Bonchev–Trinajstić information content (AvgIpc) is 2.81. The Labute approximate surface area is 93.6 Å². The van der Waals surface area contributed by atoms with Crippen molar-refractivity contribution in [3.8, 4) is 0 Å². The topological polar surface area (TPSA) is 49.5 Å². The predicted molar refractivity (Wildman–Crippen MR) is 63.7 cm³/mol. The van der Waals surface area contributed by atoms with Crippen LogP contribution in [0.25, 0.3) is 0 Å². The van der Waals surface area contributed by atoms with Crippen molar-refractivity contribution in [3.05, 3.63) is 0 Å². The molecule has 1 aliphatic carbocycles. The van der Waals surface area contributed by atoms with Gasteiger partial charge in [-0.25, -0.2) is 0 Å². The lowest BCUT2D eigenvalue weighted by Gasteiger charge is -2.34. The molecule has 1 saturated carbocycles. The van der Waals surface area contributed by atoms with Crippen LogP contribution in [0.5, 0.6) is 0 Å². The van der Waals surface area contributed by atoms with Crippen LogP contribution < -0.4 is 5.73 Å². The number of likely N-dealkylation sites (N-methyl/N-ethyl adjacent to an activating group) is 1. The van der Waals surface area contributed by atoms with E-state index in [9.17, 15) is 5.11 Å². The lowest BCUT2D eigenvalue weighted by Crippen LogP contribution is -2.50. The number of rotatable bonds is 5. The first kappa shape index (κ1) is 12.9. The summed E-state index contributed by atoms with van der Waals surface area (Å²) in [5.74, 6) is 0.435. The molecule has 90 valence electrons. The van der Waals surface area contributed by atoms with E-state index >= 15 is 0 Å². The van der Waals surface area contributed by atoms with E-state index in [1.165, 1.54) is 0 Å². The molecule has 3 nitrogen and oxygen atoms in total. The van der Waals surface area contributed by atoms with Gasteiger partial charge in [-0.2, -0.15) is 0 Å². The van der Waals surface area contributed by atoms with Crippen LogP contribution in [0, 0.1) is 11.3 Å². The molecular formula is C12H26N2O. The molecule has 0 aromatic rings. The van der Waals surface area contributed by atoms with Crippen molar-refractivity contribution >= 4 is 0 Å². The second-order valence-corrected chi connectivity index (χ2v) is 6.31. The molecule has 1 unspecified atom stereocenters. The van der Waals surface area contributed by atoms with Crippen LogP contribution in [-0.4, -0.2) is 42.3 Å². The molecule has 0 spiro atoms. The summed E-state index contributed by atoms with van der Waals surface area (Å²) in [7, 11) is 2.06. The normalized spacial score (nSPS) is 21.8. The highest BCUT2D eigenvalue weighted by atomic mass is 16.3. The largest absolute Gasteiger partial charge is 0.387 e. The zero-order valence-corrected chi connectivity index (χ0v) is 10.6. The molecule has 0 aromatic carbocycles. The molecule has 0 aromatic heterocycles. The van der Waals surface area contributed by atoms with Gasteiger partial charge >= 0.3 is 0 Å². The highest BCUT2D eigenvalue weighted by Gasteiger charge is 2.43. The Hall–Kier alpha value is -0.120. The summed E-state index contributed by atoms with van der Waals surface area (Å²) >= 11 is 0. The minimum Gasteiger partial charge on any atom is -0.387 e. The first-order valence-corrected chi connectivity index (χ1v) is 5.88. The van der Waals surface area contributed by atoms with E-state index in [0.717, 1.165) is 19.4 Å². The molecule has 0 saturated heterocycles. The molecule has 1 fully saturated rings. The number of nitrogens with zero attached hydrogens (tertiary/aromatic N) is 1. The van der Waals surface area contributed by atoms with Gasteiger partial charge in [-0.05, 0) is 31.2 Å². The van der Waals surface area contributed by atoms with Crippen molar-refractivity contribution in [2.45, 2.75) is 39.2 Å². The van der Waals surface area contributed by atoms with Gasteiger partial charge in [-0.3, -0.25) is 0 Å². The van der Waals surface area contributed by atoms with Crippen molar-refractivity contribution in [1.29, 1.82) is 0 Å². The van der Waals surface area contributed by atoms with Gasteiger partial charge < -0.3 is 15.7 Å². The maximum absolute atomic E-state index is 10.4. The molecule has 0 radical (unpaired) electrons. The number of hydrogen-bond donors (Lipinski definition) is 2. The van der Waals surface area contributed by atoms with Crippen molar-refractivity contribution in [2.75, 3.05) is 26.7 Å². The maximum atomic E-state index is 10.4. The summed E-state index contributed by atoms with van der Waals surface area (Å²) in [5.41, 5.74) is 5.30. The molecule has 3 N–H and O–H groups in total. The SMILES string of the molecule is CN(CC(C)(C)C)CC(O)(CN)C1CC1. The molecule has 0 heterocycles. The molecule has 3 heteroatoms. The maximum Gasteiger partial charge on any atom is 0.0923 e. The Morgan fingerprint density at radius 2 is 1.80 bits per heavy atom. The van der Waals surface area contributed by atoms with Gasteiger partial charge in [0.1, 0.15) is 0 Å². The Morgan fingerprint density at radius 1 is 1.27 bits per heavy atom. The molecule has 1 atom stereocenters.